The Morgan fingerprint density at radius 2 is 1.90 bits per heavy atom. The Hall–Kier alpha value is -0.160. The fourth-order valence-electron chi connectivity index (χ4n) is 4.01. The van der Waals surface area contributed by atoms with E-state index >= 15 is 0 Å². The van der Waals surface area contributed by atoms with Gasteiger partial charge >= 0.3 is 0 Å². The molecule has 0 aromatic carbocycles. The molecule has 0 amide bonds. The molecule has 1 heterocycles. The van der Waals surface area contributed by atoms with Crippen LogP contribution < -0.4 is 5.32 Å². The summed E-state index contributed by atoms with van der Waals surface area (Å²) in [6.45, 7) is 8.01. The molecule has 4 nitrogen and oxygen atoms in total. The maximum atomic E-state index is 9.21. The lowest BCUT2D eigenvalue weighted by Crippen LogP contribution is -2.60. The lowest BCUT2D eigenvalue weighted by Gasteiger charge is -2.50. The molecule has 2 N–H and O–H groups in total. The van der Waals surface area contributed by atoms with E-state index in [1.807, 2.05) is 0 Å². The van der Waals surface area contributed by atoms with E-state index in [0.29, 0.717) is 24.7 Å². The van der Waals surface area contributed by atoms with E-state index in [4.69, 9.17) is 4.74 Å². The Balaban J connectivity index is 1.97. The molecule has 2 aliphatic rings. The van der Waals surface area contributed by atoms with Gasteiger partial charge in [0.05, 0.1) is 6.61 Å². The minimum atomic E-state index is 0.237. The summed E-state index contributed by atoms with van der Waals surface area (Å²) >= 11 is 0. The van der Waals surface area contributed by atoms with Crippen LogP contribution in [0.3, 0.4) is 0 Å². The smallest absolute Gasteiger partial charge is 0.0616 e. The molecule has 0 spiro atoms. The Morgan fingerprint density at radius 1 is 1.25 bits per heavy atom. The van der Waals surface area contributed by atoms with Gasteiger partial charge in [-0.3, -0.25) is 0 Å². The zero-order valence-corrected chi connectivity index (χ0v) is 13.3. The molecular formula is C16H32N2O2. The van der Waals surface area contributed by atoms with Crippen LogP contribution in [-0.4, -0.2) is 61.5 Å². The normalized spacial score (nSPS) is 32.5. The van der Waals surface area contributed by atoms with Gasteiger partial charge in [-0.05, 0) is 44.9 Å². The Labute approximate surface area is 123 Å². The van der Waals surface area contributed by atoms with Crippen molar-refractivity contribution >= 4 is 0 Å². The average molecular weight is 284 g/mol. The summed E-state index contributed by atoms with van der Waals surface area (Å²) in [6.07, 6.45) is 4.86. The standard InChI is InChI=1S/C16H32N2O2/c1-12(2)18-9-13-5-4-6-14(10-18)16(13)17-15(7-8-19)11-20-3/h12-17,19H,4-11H2,1-3H3. The molecule has 0 aromatic rings. The number of piperidine rings is 1. The molecule has 118 valence electrons. The van der Waals surface area contributed by atoms with Crippen molar-refractivity contribution in [2.75, 3.05) is 33.4 Å². The van der Waals surface area contributed by atoms with Gasteiger partial charge in [-0.2, -0.15) is 0 Å². The van der Waals surface area contributed by atoms with E-state index in [-0.39, 0.29) is 6.61 Å². The van der Waals surface area contributed by atoms with Gasteiger partial charge in [0.2, 0.25) is 0 Å². The van der Waals surface area contributed by atoms with Gasteiger partial charge in [-0.25, -0.2) is 0 Å². The number of hydrogen-bond acceptors (Lipinski definition) is 4. The molecule has 0 aromatic heterocycles. The monoisotopic (exact) mass is 284 g/mol. The zero-order valence-electron chi connectivity index (χ0n) is 13.3. The maximum Gasteiger partial charge on any atom is 0.0616 e. The first-order valence-electron chi connectivity index (χ1n) is 8.25. The van der Waals surface area contributed by atoms with E-state index in [9.17, 15) is 5.11 Å². The number of methoxy groups -OCH3 is 1. The first-order valence-corrected chi connectivity index (χ1v) is 8.25. The van der Waals surface area contributed by atoms with Crippen LogP contribution in [0.4, 0.5) is 0 Å². The SMILES string of the molecule is COCC(CCO)NC1C2CCCC1CN(C(C)C)C2. The van der Waals surface area contributed by atoms with Crippen molar-refractivity contribution in [2.45, 2.75) is 57.7 Å². The summed E-state index contributed by atoms with van der Waals surface area (Å²) < 4.78 is 5.30. The summed E-state index contributed by atoms with van der Waals surface area (Å²) in [4.78, 5) is 2.64. The van der Waals surface area contributed by atoms with E-state index in [0.717, 1.165) is 18.3 Å². The topological polar surface area (TPSA) is 44.7 Å². The van der Waals surface area contributed by atoms with E-state index in [2.05, 4.69) is 24.1 Å². The van der Waals surface area contributed by atoms with E-state index in [1.165, 1.54) is 32.4 Å². The number of likely N-dealkylation sites (tertiary alicyclic amines) is 1. The Kier molecular flexibility index (Phi) is 6.27. The molecule has 1 aliphatic carbocycles. The van der Waals surface area contributed by atoms with E-state index < -0.39 is 0 Å². The summed E-state index contributed by atoms with van der Waals surface area (Å²) in [7, 11) is 1.74. The highest BCUT2D eigenvalue weighted by atomic mass is 16.5. The fraction of sp³-hybridized carbons (Fsp3) is 1.00. The molecule has 4 heteroatoms. The van der Waals surface area contributed by atoms with Crippen molar-refractivity contribution in [1.82, 2.24) is 10.2 Å². The third-order valence-electron chi connectivity index (χ3n) is 5.11. The second kappa shape index (κ2) is 7.74. The zero-order chi connectivity index (χ0) is 14.5. The number of aliphatic hydroxyl groups is 1. The fourth-order valence-corrected chi connectivity index (χ4v) is 4.01. The third kappa shape index (κ3) is 3.94. The molecule has 1 saturated carbocycles. The maximum absolute atomic E-state index is 9.21. The average Bonchev–Trinajstić information content (AvgIpc) is 2.38. The summed E-state index contributed by atoms with van der Waals surface area (Å²) in [6, 6.07) is 1.57. The van der Waals surface area contributed by atoms with Crippen molar-refractivity contribution in [3.63, 3.8) is 0 Å². The Bertz CT molecular complexity index is 266. The van der Waals surface area contributed by atoms with Gasteiger partial charge in [0.15, 0.2) is 0 Å². The van der Waals surface area contributed by atoms with Crippen molar-refractivity contribution in [2.24, 2.45) is 11.8 Å². The number of hydrogen-bond donors (Lipinski definition) is 2. The van der Waals surface area contributed by atoms with Crippen molar-refractivity contribution in [3.8, 4) is 0 Å². The van der Waals surface area contributed by atoms with Crippen LogP contribution in [0.2, 0.25) is 0 Å². The Morgan fingerprint density at radius 3 is 2.40 bits per heavy atom. The molecule has 2 fully saturated rings. The van der Waals surface area contributed by atoms with Gasteiger partial charge < -0.3 is 20.1 Å². The largest absolute Gasteiger partial charge is 0.396 e. The highest BCUT2D eigenvalue weighted by Gasteiger charge is 2.40. The van der Waals surface area contributed by atoms with Crippen molar-refractivity contribution in [1.29, 1.82) is 0 Å². The molecule has 2 rings (SSSR count). The molecular weight excluding hydrogens is 252 g/mol. The highest BCUT2D eigenvalue weighted by Crippen LogP contribution is 2.36. The predicted molar refractivity (Wildman–Crippen MR) is 81.8 cm³/mol. The summed E-state index contributed by atoms with van der Waals surface area (Å²) in [5.74, 6) is 1.53. The summed E-state index contributed by atoms with van der Waals surface area (Å²) in [5, 5.41) is 13.0. The van der Waals surface area contributed by atoms with Crippen molar-refractivity contribution in [3.05, 3.63) is 0 Å². The first kappa shape index (κ1) is 16.2. The number of aliphatic hydroxyl groups excluding tert-OH is 1. The van der Waals surface area contributed by atoms with Gasteiger partial charge in [0.1, 0.15) is 0 Å². The quantitative estimate of drug-likeness (QED) is 0.743. The lowest BCUT2D eigenvalue weighted by atomic mass is 9.73. The second-order valence-corrected chi connectivity index (χ2v) is 6.86. The molecule has 1 saturated heterocycles. The van der Waals surface area contributed by atoms with Gasteiger partial charge in [0, 0.05) is 44.9 Å². The molecule has 1 aliphatic heterocycles. The predicted octanol–water partition coefficient (Wildman–Crippen LogP) is 1.48. The van der Waals surface area contributed by atoms with Crippen LogP contribution >= 0.6 is 0 Å². The van der Waals surface area contributed by atoms with Gasteiger partial charge in [-0.1, -0.05) is 6.42 Å². The number of ether oxygens (including phenoxy) is 1. The minimum Gasteiger partial charge on any atom is -0.396 e. The van der Waals surface area contributed by atoms with Crippen LogP contribution in [0.25, 0.3) is 0 Å². The van der Waals surface area contributed by atoms with Crippen molar-refractivity contribution < 1.29 is 9.84 Å². The number of rotatable bonds is 7. The van der Waals surface area contributed by atoms with Crippen LogP contribution in [0.1, 0.15) is 39.5 Å². The minimum absolute atomic E-state index is 0.237. The van der Waals surface area contributed by atoms with Crippen LogP contribution in [0, 0.1) is 11.8 Å². The number of nitrogens with one attached hydrogen (secondary N) is 1. The third-order valence-corrected chi connectivity index (χ3v) is 5.11. The first-order chi connectivity index (χ1) is 9.65. The second-order valence-electron chi connectivity index (χ2n) is 6.86. The number of fused-ring (bicyclic) bond motifs is 2. The highest BCUT2D eigenvalue weighted by molar-refractivity contribution is 4.96. The lowest BCUT2D eigenvalue weighted by molar-refractivity contribution is 0.0173. The molecule has 0 radical (unpaired) electrons. The molecule has 20 heavy (non-hydrogen) atoms. The number of nitrogens with zero attached hydrogens (tertiary/aromatic N) is 1. The summed E-state index contributed by atoms with van der Waals surface area (Å²) in [5.41, 5.74) is 0. The van der Waals surface area contributed by atoms with Gasteiger partial charge in [0.25, 0.3) is 0 Å². The van der Waals surface area contributed by atoms with Crippen LogP contribution in [0.5, 0.6) is 0 Å². The van der Waals surface area contributed by atoms with Crippen LogP contribution in [0.15, 0.2) is 0 Å². The van der Waals surface area contributed by atoms with Crippen LogP contribution in [-0.2, 0) is 4.74 Å². The molecule has 3 unspecified atom stereocenters. The van der Waals surface area contributed by atoms with E-state index in [1.54, 1.807) is 7.11 Å². The van der Waals surface area contributed by atoms with Gasteiger partial charge in [-0.15, -0.1) is 0 Å². The molecule has 2 bridgehead atoms. The molecule has 3 atom stereocenters.